The highest BCUT2D eigenvalue weighted by Crippen LogP contribution is 2.47. The van der Waals surface area contributed by atoms with Gasteiger partial charge in [0.2, 0.25) is 5.91 Å². The molecule has 4 atom stereocenters. The monoisotopic (exact) mass is 638 g/mol. The van der Waals surface area contributed by atoms with Gasteiger partial charge in [-0.2, -0.15) is 0 Å². The third kappa shape index (κ3) is 6.73. The topological polar surface area (TPSA) is 85.1 Å². The average Bonchev–Trinajstić information content (AvgIpc) is 3.88. The van der Waals surface area contributed by atoms with E-state index in [1.165, 1.54) is 28.8 Å². The van der Waals surface area contributed by atoms with Crippen molar-refractivity contribution in [2.45, 2.75) is 88.9 Å². The second-order valence-electron chi connectivity index (χ2n) is 14.0. The normalized spacial score (nSPS) is 23.0. The molecule has 7 nitrogen and oxygen atoms in total. The Morgan fingerprint density at radius 3 is 2.02 bits per heavy atom. The van der Waals surface area contributed by atoms with E-state index in [4.69, 9.17) is 4.98 Å². The van der Waals surface area contributed by atoms with E-state index in [1.54, 1.807) is 0 Å². The van der Waals surface area contributed by atoms with Gasteiger partial charge in [-0.3, -0.25) is 4.79 Å². The number of aromatic amines is 1. The number of H-pyrrole nitrogens is 1. The fourth-order valence-electron chi connectivity index (χ4n) is 7.34. The fraction of sp³-hybridized carbons (Fsp3) is 0.421. The molecule has 0 saturated carbocycles. The molecule has 3 aliphatic heterocycles. The van der Waals surface area contributed by atoms with E-state index in [1.807, 2.05) is 6.20 Å². The van der Waals surface area contributed by atoms with Crippen molar-refractivity contribution in [2.24, 2.45) is 0 Å². The number of amides is 1. The summed E-state index contributed by atoms with van der Waals surface area (Å²) in [5, 5.41) is 9.93. The van der Waals surface area contributed by atoms with Crippen LogP contribution in [0.4, 0.5) is 11.4 Å². The maximum Gasteiger partial charge on any atom is 0.241 e. The average molecular weight is 639 g/mol. The van der Waals surface area contributed by atoms with Crippen molar-refractivity contribution in [1.29, 1.82) is 0 Å². The lowest BCUT2D eigenvalue weighted by atomic mass is 9.87. The lowest BCUT2D eigenvalue weighted by molar-refractivity contribution is -0.117. The molecular weight excluding hydrogens is 592 g/mol. The SMILES string of the molecule is CC(C)(C)c1ccc(N2C(c3ccc(NC(=O)[C@H]4CCCN4)cc3)CCC2c2ccc(-c3c[nH]c([C@@H]4CCCN4)n3)cc2)cc1.Cl. The number of hydrogen-bond donors (Lipinski definition) is 4. The molecule has 3 saturated heterocycles. The number of nitrogens with zero attached hydrogens (tertiary/aromatic N) is 2. The summed E-state index contributed by atoms with van der Waals surface area (Å²) in [4.78, 5) is 23.6. The number of carbonyl (C=O) groups is 1. The highest BCUT2D eigenvalue weighted by molar-refractivity contribution is 5.95. The highest BCUT2D eigenvalue weighted by Gasteiger charge is 2.36. The lowest BCUT2D eigenvalue weighted by Crippen LogP contribution is -2.35. The predicted octanol–water partition coefficient (Wildman–Crippen LogP) is 7.99. The number of benzene rings is 3. The van der Waals surface area contributed by atoms with Crippen LogP contribution in [0.3, 0.4) is 0 Å². The molecule has 3 aromatic carbocycles. The largest absolute Gasteiger partial charge is 0.357 e. The molecule has 46 heavy (non-hydrogen) atoms. The Hall–Kier alpha value is -3.65. The van der Waals surface area contributed by atoms with Gasteiger partial charge in [-0.05, 0) is 98.0 Å². The quantitative estimate of drug-likeness (QED) is 0.165. The maximum atomic E-state index is 12.7. The Bertz CT molecular complexity index is 1600. The van der Waals surface area contributed by atoms with Crippen molar-refractivity contribution in [2.75, 3.05) is 23.3 Å². The summed E-state index contributed by atoms with van der Waals surface area (Å²) in [5.74, 6) is 1.10. The van der Waals surface area contributed by atoms with Crippen molar-refractivity contribution in [3.63, 3.8) is 0 Å². The molecule has 4 N–H and O–H groups in total. The minimum Gasteiger partial charge on any atom is -0.357 e. The molecule has 242 valence electrons. The van der Waals surface area contributed by atoms with Gasteiger partial charge < -0.3 is 25.8 Å². The van der Waals surface area contributed by atoms with Gasteiger partial charge in [0.05, 0.1) is 29.9 Å². The Balaban J connectivity index is 0.00000372. The number of rotatable bonds is 7. The number of halogens is 1. The number of imidazole rings is 1. The van der Waals surface area contributed by atoms with Crippen molar-refractivity contribution in [1.82, 2.24) is 20.6 Å². The third-order valence-corrected chi connectivity index (χ3v) is 9.94. The van der Waals surface area contributed by atoms with Crippen LogP contribution in [0.5, 0.6) is 0 Å². The minimum absolute atomic E-state index is 0. The van der Waals surface area contributed by atoms with Crippen LogP contribution in [0.2, 0.25) is 0 Å². The molecule has 1 amide bonds. The van der Waals surface area contributed by atoms with Crippen LogP contribution < -0.4 is 20.9 Å². The Morgan fingerprint density at radius 1 is 0.804 bits per heavy atom. The van der Waals surface area contributed by atoms with Gasteiger partial charge in [-0.25, -0.2) is 4.98 Å². The number of carbonyl (C=O) groups excluding carboxylic acids is 1. The second kappa shape index (κ2) is 13.6. The van der Waals surface area contributed by atoms with Gasteiger partial charge >= 0.3 is 0 Å². The zero-order valence-corrected chi connectivity index (χ0v) is 28.0. The van der Waals surface area contributed by atoms with E-state index in [9.17, 15) is 4.79 Å². The zero-order valence-electron chi connectivity index (χ0n) is 27.2. The molecule has 0 spiro atoms. The first-order valence-electron chi connectivity index (χ1n) is 16.8. The molecule has 0 aliphatic carbocycles. The predicted molar refractivity (Wildman–Crippen MR) is 190 cm³/mol. The molecule has 0 bridgehead atoms. The van der Waals surface area contributed by atoms with Crippen LogP contribution in [0, 0.1) is 0 Å². The number of anilines is 2. The second-order valence-corrected chi connectivity index (χ2v) is 14.0. The van der Waals surface area contributed by atoms with E-state index in [2.05, 4.69) is 119 Å². The van der Waals surface area contributed by atoms with Gasteiger partial charge in [0.15, 0.2) is 0 Å². The molecule has 3 aliphatic rings. The summed E-state index contributed by atoms with van der Waals surface area (Å²) in [6.45, 7) is 8.77. The number of nitrogens with one attached hydrogen (secondary N) is 4. The van der Waals surface area contributed by atoms with E-state index in [0.29, 0.717) is 6.04 Å². The molecule has 1 aromatic heterocycles. The van der Waals surface area contributed by atoms with Gasteiger partial charge in [-0.1, -0.05) is 69.3 Å². The highest BCUT2D eigenvalue weighted by atomic mass is 35.5. The molecule has 2 unspecified atom stereocenters. The Kier molecular flexibility index (Phi) is 9.55. The van der Waals surface area contributed by atoms with Crippen molar-refractivity contribution >= 4 is 29.7 Å². The standard InChI is InChI=1S/C38H46N6O.ClH/c1-38(2,3)28-14-18-30(19-15-28)44-34(26-10-8-25(9-11-26)33-24-41-36(43-33)31-6-4-22-39-31)20-21-35(44)27-12-16-29(17-13-27)42-37(45)32-7-5-23-40-32;/h8-19,24,31-32,34-35,39-40H,4-7,20-23H2,1-3H3,(H,41,43)(H,42,45);1H/t31-,32+,34?,35?;/m0./s1. The number of hydrogen-bond acceptors (Lipinski definition) is 5. The third-order valence-electron chi connectivity index (χ3n) is 9.94. The maximum absolute atomic E-state index is 12.7. The lowest BCUT2D eigenvalue weighted by Gasteiger charge is -2.34. The first kappa shape index (κ1) is 32.3. The van der Waals surface area contributed by atoms with Crippen LogP contribution >= 0.6 is 12.4 Å². The molecular formula is C38H47ClN6O. The summed E-state index contributed by atoms with van der Waals surface area (Å²) in [7, 11) is 0. The van der Waals surface area contributed by atoms with Gasteiger partial charge in [-0.15, -0.1) is 12.4 Å². The van der Waals surface area contributed by atoms with Gasteiger partial charge in [0.25, 0.3) is 0 Å². The van der Waals surface area contributed by atoms with Crippen LogP contribution in [-0.2, 0) is 10.2 Å². The molecule has 4 aromatic rings. The van der Waals surface area contributed by atoms with Gasteiger partial charge in [0, 0.05) is 23.1 Å². The molecule has 0 radical (unpaired) electrons. The molecule has 4 heterocycles. The van der Waals surface area contributed by atoms with E-state index < -0.39 is 0 Å². The van der Waals surface area contributed by atoms with Crippen LogP contribution in [-0.4, -0.2) is 35.0 Å². The Labute approximate surface area is 279 Å². The Morgan fingerprint density at radius 2 is 1.43 bits per heavy atom. The van der Waals surface area contributed by atoms with Crippen molar-refractivity contribution in [3.05, 3.63) is 102 Å². The summed E-state index contributed by atoms with van der Waals surface area (Å²) in [6.07, 6.45) is 8.45. The number of aromatic nitrogens is 2. The molecule has 3 fully saturated rings. The summed E-state index contributed by atoms with van der Waals surface area (Å²) < 4.78 is 0. The van der Waals surface area contributed by atoms with E-state index >= 15 is 0 Å². The van der Waals surface area contributed by atoms with Crippen molar-refractivity contribution in [3.8, 4) is 11.3 Å². The summed E-state index contributed by atoms with van der Waals surface area (Å²) in [6, 6.07) is 27.4. The fourth-order valence-corrected chi connectivity index (χ4v) is 7.34. The summed E-state index contributed by atoms with van der Waals surface area (Å²) >= 11 is 0. The van der Waals surface area contributed by atoms with Crippen LogP contribution in [0.25, 0.3) is 11.3 Å². The summed E-state index contributed by atoms with van der Waals surface area (Å²) in [5.41, 5.74) is 8.27. The molecule has 7 rings (SSSR count). The smallest absolute Gasteiger partial charge is 0.241 e. The first-order valence-corrected chi connectivity index (χ1v) is 16.8. The first-order chi connectivity index (χ1) is 21.8. The van der Waals surface area contributed by atoms with E-state index in [-0.39, 0.29) is 41.9 Å². The van der Waals surface area contributed by atoms with Crippen LogP contribution in [0.15, 0.2) is 79.0 Å². The minimum atomic E-state index is -0.0856. The van der Waals surface area contributed by atoms with Gasteiger partial charge in [0.1, 0.15) is 5.82 Å². The van der Waals surface area contributed by atoms with Crippen molar-refractivity contribution < 1.29 is 4.79 Å². The molecule has 8 heteroatoms. The zero-order chi connectivity index (χ0) is 31.0. The van der Waals surface area contributed by atoms with Crippen LogP contribution in [0.1, 0.15) is 99.9 Å². The van der Waals surface area contributed by atoms with E-state index in [0.717, 1.165) is 68.0 Å².